The lowest BCUT2D eigenvalue weighted by Gasteiger charge is -2.07. The highest BCUT2D eigenvalue weighted by molar-refractivity contribution is 5.88. The van der Waals surface area contributed by atoms with Crippen molar-refractivity contribution in [2.75, 3.05) is 20.2 Å². The summed E-state index contributed by atoms with van der Waals surface area (Å²) in [5.41, 5.74) is 0.396. The van der Waals surface area contributed by atoms with Gasteiger partial charge in [-0.1, -0.05) is 13.8 Å². The van der Waals surface area contributed by atoms with Gasteiger partial charge in [-0.25, -0.2) is 4.79 Å². The predicted octanol–water partition coefficient (Wildman–Crippen LogP) is 0.928. The molecule has 1 amide bonds. The molecule has 0 unspecified atom stereocenters. The highest BCUT2D eigenvalue weighted by Gasteiger charge is 2.09. The summed E-state index contributed by atoms with van der Waals surface area (Å²) in [5, 5.41) is 5.90. The van der Waals surface area contributed by atoms with Crippen LogP contribution in [-0.4, -0.2) is 32.1 Å². The van der Waals surface area contributed by atoms with Crippen LogP contribution in [0, 0.1) is 5.92 Å². The number of hydrogen-bond donors (Lipinski definition) is 2. The lowest BCUT2D eigenvalue weighted by atomic mass is 10.2. The van der Waals surface area contributed by atoms with Crippen LogP contribution in [0.1, 0.15) is 30.0 Å². The second-order valence-electron chi connectivity index (χ2n) is 4.42. The topological polar surface area (TPSA) is 80.6 Å². The molecule has 6 heteroatoms. The molecule has 2 N–H and O–H groups in total. The van der Waals surface area contributed by atoms with Gasteiger partial charge in [0.1, 0.15) is 12.0 Å². The van der Waals surface area contributed by atoms with Gasteiger partial charge in [-0.3, -0.25) is 4.79 Å². The van der Waals surface area contributed by atoms with Crippen molar-refractivity contribution in [2.24, 2.45) is 5.92 Å². The zero-order chi connectivity index (χ0) is 14.3. The summed E-state index contributed by atoms with van der Waals surface area (Å²) >= 11 is 0. The van der Waals surface area contributed by atoms with Gasteiger partial charge < -0.3 is 19.8 Å². The number of rotatable bonds is 7. The molecule has 1 aromatic rings. The number of esters is 1. The minimum absolute atomic E-state index is 0.00677. The first-order valence-electron chi connectivity index (χ1n) is 6.18. The van der Waals surface area contributed by atoms with Gasteiger partial charge in [0.05, 0.1) is 19.2 Å². The van der Waals surface area contributed by atoms with Crippen LogP contribution in [0.25, 0.3) is 0 Å². The lowest BCUT2D eigenvalue weighted by Crippen LogP contribution is -2.34. The van der Waals surface area contributed by atoms with Crippen LogP contribution in [-0.2, 0) is 16.1 Å². The Morgan fingerprint density at radius 3 is 2.74 bits per heavy atom. The summed E-state index contributed by atoms with van der Waals surface area (Å²) in [6, 6.07) is 1.63. The molecule has 1 rings (SSSR count). The third-order valence-corrected chi connectivity index (χ3v) is 2.50. The summed E-state index contributed by atoms with van der Waals surface area (Å²) in [7, 11) is 1.32. The van der Waals surface area contributed by atoms with E-state index in [-0.39, 0.29) is 11.8 Å². The summed E-state index contributed by atoms with van der Waals surface area (Å²) in [6.07, 6.45) is 1.36. The number of nitrogens with one attached hydrogen (secondary N) is 2. The summed E-state index contributed by atoms with van der Waals surface area (Å²) < 4.78 is 9.78. The molecule has 19 heavy (non-hydrogen) atoms. The highest BCUT2D eigenvalue weighted by Crippen LogP contribution is 2.08. The standard InChI is InChI=1S/C13H20N2O4/c1-9(2)12(16)15-5-4-14-7-11-6-10(8-19-11)13(17)18-3/h6,8-9,14H,4-5,7H2,1-3H3,(H,15,16). The molecular weight excluding hydrogens is 248 g/mol. The molecule has 1 heterocycles. The Balaban J connectivity index is 2.21. The molecule has 106 valence electrons. The smallest absolute Gasteiger partial charge is 0.341 e. The largest absolute Gasteiger partial charge is 0.467 e. The van der Waals surface area contributed by atoms with Gasteiger partial charge in [0.25, 0.3) is 0 Å². The fourth-order valence-electron chi connectivity index (χ4n) is 1.39. The third-order valence-electron chi connectivity index (χ3n) is 2.50. The van der Waals surface area contributed by atoms with Crippen molar-refractivity contribution >= 4 is 11.9 Å². The second kappa shape index (κ2) is 7.58. The average molecular weight is 268 g/mol. The van der Waals surface area contributed by atoms with E-state index in [1.54, 1.807) is 6.07 Å². The third kappa shape index (κ3) is 5.13. The Morgan fingerprint density at radius 1 is 1.37 bits per heavy atom. The van der Waals surface area contributed by atoms with Crippen LogP contribution in [0.4, 0.5) is 0 Å². The van der Waals surface area contributed by atoms with E-state index in [1.165, 1.54) is 13.4 Å². The van der Waals surface area contributed by atoms with Gasteiger partial charge in [0.2, 0.25) is 5.91 Å². The summed E-state index contributed by atoms with van der Waals surface area (Å²) in [5.74, 6) is 0.259. The highest BCUT2D eigenvalue weighted by atomic mass is 16.5. The first-order valence-corrected chi connectivity index (χ1v) is 6.18. The summed E-state index contributed by atoms with van der Waals surface area (Å²) in [6.45, 7) is 5.38. The molecule has 0 saturated carbocycles. The van der Waals surface area contributed by atoms with Crippen molar-refractivity contribution in [2.45, 2.75) is 20.4 Å². The molecule has 6 nitrogen and oxygen atoms in total. The van der Waals surface area contributed by atoms with Crippen molar-refractivity contribution in [1.82, 2.24) is 10.6 Å². The Kier molecular flexibility index (Phi) is 6.08. The first kappa shape index (κ1) is 15.2. The molecule has 0 aliphatic rings. The average Bonchev–Trinajstić information content (AvgIpc) is 2.85. The molecule has 0 spiro atoms. The second-order valence-corrected chi connectivity index (χ2v) is 4.42. The molecule has 1 aromatic heterocycles. The fraction of sp³-hybridized carbons (Fsp3) is 0.538. The zero-order valence-electron chi connectivity index (χ0n) is 11.5. The molecule has 0 aliphatic carbocycles. The van der Waals surface area contributed by atoms with Crippen molar-refractivity contribution in [3.05, 3.63) is 23.7 Å². The maximum atomic E-state index is 11.3. The molecule has 0 saturated heterocycles. The van der Waals surface area contributed by atoms with Crippen molar-refractivity contribution < 1.29 is 18.7 Å². The van der Waals surface area contributed by atoms with Crippen LogP contribution < -0.4 is 10.6 Å². The molecular formula is C13H20N2O4. The van der Waals surface area contributed by atoms with E-state index in [1.807, 2.05) is 13.8 Å². The maximum Gasteiger partial charge on any atom is 0.341 e. The Hall–Kier alpha value is -1.82. The number of carbonyl (C=O) groups excluding carboxylic acids is 2. The van der Waals surface area contributed by atoms with Gasteiger partial charge in [-0.05, 0) is 6.07 Å². The molecule has 0 aliphatic heterocycles. The van der Waals surface area contributed by atoms with Crippen LogP contribution in [0.5, 0.6) is 0 Å². The van der Waals surface area contributed by atoms with E-state index in [2.05, 4.69) is 15.4 Å². The predicted molar refractivity (Wildman–Crippen MR) is 69.6 cm³/mol. The van der Waals surface area contributed by atoms with E-state index in [4.69, 9.17) is 4.42 Å². The molecule has 0 radical (unpaired) electrons. The monoisotopic (exact) mass is 268 g/mol. The van der Waals surface area contributed by atoms with Crippen LogP contribution in [0.15, 0.2) is 16.7 Å². The number of carbonyl (C=O) groups is 2. The van der Waals surface area contributed by atoms with Gasteiger partial charge in [0.15, 0.2) is 0 Å². The first-order chi connectivity index (χ1) is 9.04. The molecule has 0 aromatic carbocycles. The Morgan fingerprint density at radius 2 is 2.11 bits per heavy atom. The number of methoxy groups -OCH3 is 1. The van der Waals surface area contributed by atoms with Crippen molar-refractivity contribution in [1.29, 1.82) is 0 Å². The number of furan rings is 1. The fourth-order valence-corrected chi connectivity index (χ4v) is 1.39. The Bertz CT molecular complexity index is 426. The number of ether oxygens (including phenoxy) is 1. The van der Waals surface area contributed by atoms with Crippen molar-refractivity contribution in [3.8, 4) is 0 Å². The number of amides is 1. The SMILES string of the molecule is COC(=O)c1coc(CNCCNC(=O)C(C)C)c1. The van der Waals surface area contributed by atoms with Gasteiger partial charge >= 0.3 is 5.97 Å². The minimum Gasteiger partial charge on any atom is -0.467 e. The molecule has 0 atom stereocenters. The van der Waals surface area contributed by atoms with Crippen LogP contribution in [0.2, 0.25) is 0 Å². The van der Waals surface area contributed by atoms with Gasteiger partial charge in [-0.2, -0.15) is 0 Å². The van der Waals surface area contributed by atoms with E-state index in [9.17, 15) is 9.59 Å². The van der Waals surface area contributed by atoms with E-state index >= 15 is 0 Å². The van der Waals surface area contributed by atoms with E-state index in [0.29, 0.717) is 31.0 Å². The lowest BCUT2D eigenvalue weighted by molar-refractivity contribution is -0.123. The normalized spacial score (nSPS) is 10.5. The Labute approximate surface area is 112 Å². The van der Waals surface area contributed by atoms with Crippen LogP contribution in [0.3, 0.4) is 0 Å². The molecule has 0 bridgehead atoms. The zero-order valence-corrected chi connectivity index (χ0v) is 11.5. The molecule has 0 fully saturated rings. The maximum absolute atomic E-state index is 11.3. The van der Waals surface area contributed by atoms with E-state index in [0.717, 1.165) is 0 Å². The minimum atomic E-state index is -0.417. The number of hydrogen-bond acceptors (Lipinski definition) is 5. The van der Waals surface area contributed by atoms with Crippen molar-refractivity contribution in [3.63, 3.8) is 0 Å². The summed E-state index contributed by atoms with van der Waals surface area (Å²) in [4.78, 5) is 22.5. The van der Waals surface area contributed by atoms with E-state index < -0.39 is 5.97 Å². The van der Waals surface area contributed by atoms with Gasteiger partial charge in [0, 0.05) is 19.0 Å². The van der Waals surface area contributed by atoms with Crippen LogP contribution >= 0.6 is 0 Å². The van der Waals surface area contributed by atoms with Gasteiger partial charge in [-0.15, -0.1) is 0 Å². The quantitative estimate of drug-likeness (QED) is 0.568.